The molecule has 4 nitrogen and oxygen atoms in total. The third-order valence-corrected chi connectivity index (χ3v) is 6.91. The molecule has 0 amide bonds. The van der Waals surface area contributed by atoms with Gasteiger partial charge in [0.05, 0.1) is 12.0 Å². The van der Waals surface area contributed by atoms with Gasteiger partial charge in [-0.05, 0) is 48.0 Å². The minimum atomic E-state index is 0. The summed E-state index contributed by atoms with van der Waals surface area (Å²) in [5.74, 6) is 0.547. The van der Waals surface area contributed by atoms with E-state index in [0.29, 0.717) is 0 Å². The van der Waals surface area contributed by atoms with Crippen molar-refractivity contribution in [2.45, 2.75) is 53.4 Å². The number of aromatic nitrogens is 1. The van der Waals surface area contributed by atoms with E-state index in [0.717, 1.165) is 52.9 Å². The number of fused-ring (bicyclic) bond motifs is 3. The Kier molecular flexibility index (Phi) is 9.04. The molecule has 0 atom stereocenters. The zero-order valence-electron chi connectivity index (χ0n) is 20.7. The summed E-state index contributed by atoms with van der Waals surface area (Å²) >= 11 is 0. The molecule has 0 saturated carbocycles. The van der Waals surface area contributed by atoms with Crippen molar-refractivity contribution in [2.75, 3.05) is 0 Å². The summed E-state index contributed by atoms with van der Waals surface area (Å²) in [7, 11) is 0. The Bertz CT molecular complexity index is 1440. The van der Waals surface area contributed by atoms with Crippen molar-refractivity contribution in [1.82, 2.24) is 4.98 Å². The van der Waals surface area contributed by atoms with Crippen LogP contribution < -0.4 is 0 Å². The summed E-state index contributed by atoms with van der Waals surface area (Å²) in [5, 5.41) is 16.6. The summed E-state index contributed by atoms with van der Waals surface area (Å²) in [6.45, 7) is 8.07. The monoisotopic (exact) mass is 647 g/mol. The number of carbonyl (C=O) groups excluding carboxylic acids is 1. The first-order chi connectivity index (χ1) is 16.5. The van der Waals surface area contributed by atoms with Gasteiger partial charge >= 0.3 is 0 Å². The van der Waals surface area contributed by atoms with Gasteiger partial charge in [0.2, 0.25) is 0 Å². The van der Waals surface area contributed by atoms with Gasteiger partial charge in [0.25, 0.3) is 0 Å². The molecule has 5 rings (SSSR count). The number of benzene rings is 3. The first-order valence-electron chi connectivity index (χ1n) is 12.3. The van der Waals surface area contributed by atoms with Crippen molar-refractivity contribution in [3.8, 4) is 0 Å². The van der Waals surface area contributed by atoms with Crippen molar-refractivity contribution >= 4 is 49.2 Å². The Hall–Kier alpha value is -2.75. The van der Waals surface area contributed by atoms with Crippen LogP contribution in [0.4, 0.5) is 0 Å². The molecule has 0 aliphatic rings. The molecule has 5 aromatic rings. The molecule has 5 heteroatoms. The van der Waals surface area contributed by atoms with E-state index >= 15 is 0 Å². The van der Waals surface area contributed by atoms with Crippen molar-refractivity contribution in [3.05, 3.63) is 66.8 Å². The second kappa shape index (κ2) is 11.8. The van der Waals surface area contributed by atoms with Crippen LogP contribution in [0.1, 0.15) is 53.4 Å². The number of nitrogens with zero attached hydrogens (tertiary/aromatic N) is 1. The first-order valence-corrected chi connectivity index (χ1v) is 12.3. The molecule has 0 unspecified atom stereocenters. The van der Waals surface area contributed by atoms with Gasteiger partial charge in [-0.1, -0.05) is 45.2 Å². The van der Waals surface area contributed by atoms with Crippen LogP contribution in [0, 0.1) is 17.9 Å². The minimum Gasteiger partial charge on any atom is -0.512 e. The number of furan rings is 1. The normalized spacial score (nSPS) is 12.0. The van der Waals surface area contributed by atoms with E-state index in [1.807, 2.05) is 58.4 Å². The minimum absolute atomic E-state index is 0. The van der Waals surface area contributed by atoms with Crippen LogP contribution in [0.3, 0.4) is 0 Å². The molecule has 0 aliphatic heterocycles. The van der Waals surface area contributed by atoms with Crippen LogP contribution in [0.15, 0.2) is 65.1 Å². The van der Waals surface area contributed by atoms with E-state index < -0.39 is 0 Å². The second-order valence-corrected chi connectivity index (χ2v) is 8.81. The van der Waals surface area contributed by atoms with Gasteiger partial charge in [-0.15, -0.1) is 29.7 Å². The summed E-state index contributed by atoms with van der Waals surface area (Å²) in [6.07, 6.45) is 8.59. The molecule has 0 fully saturated rings. The fourth-order valence-corrected chi connectivity index (χ4v) is 4.80. The number of rotatable bonds is 7. The molecule has 1 N–H and O–H groups in total. The van der Waals surface area contributed by atoms with E-state index in [1.165, 1.54) is 22.2 Å². The molecule has 0 saturated heterocycles. The van der Waals surface area contributed by atoms with Crippen molar-refractivity contribution < 1.29 is 34.4 Å². The number of pyridine rings is 1. The number of allylic oxidation sites excluding steroid dienone is 2. The number of carbonyl (C=O) groups is 1. The van der Waals surface area contributed by atoms with Crippen LogP contribution in [0.5, 0.6) is 0 Å². The number of aliphatic hydroxyl groups excluding tert-OH is 1. The third-order valence-electron chi connectivity index (χ3n) is 6.91. The summed E-state index contributed by atoms with van der Waals surface area (Å²) in [6, 6.07) is 15.6. The van der Waals surface area contributed by atoms with Gasteiger partial charge in [-0.25, -0.2) is 0 Å². The molecule has 3 aromatic carbocycles. The Morgan fingerprint density at radius 2 is 1.69 bits per heavy atom. The van der Waals surface area contributed by atoms with Crippen molar-refractivity contribution in [1.29, 1.82) is 0 Å². The van der Waals surface area contributed by atoms with E-state index in [-0.39, 0.29) is 43.5 Å². The fourth-order valence-electron chi connectivity index (χ4n) is 4.80. The van der Waals surface area contributed by atoms with Crippen LogP contribution in [-0.4, -0.2) is 15.9 Å². The average molecular weight is 647 g/mol. The standard InChI is InChI=1S/C17H8NO.C13H24O2.Ir/c1-2-4-13-12(3-1)16-14-10(7-8-18-16)5-6-11-9-19-17(13)15(11)14;1-5-10(6-2)12(14)9-13(15)11(7-3)8-4;/h1-2,4-9H;9-11,14H,5-8H2,1-4H3;/q-1;;/b;12-9-;. The molecule has 1 radical (unpaired) electrons. The van der Waals surface area contributed by atoms with E-state index in [9.17, 15) is 9.90 Å². The molecule has 185 valence electrons. The predicted molar refractivity (Wildman–Crippen MR) is 140 cm³/mol. The largest absolute Gasteiger partial charge is 0.512 e. The Morgan fingerprint density at radius 3 is 2.37 bits per heavy atom. The van der Waals surface area contributed by atoms with E-state index in [2.05, 4.69) is 29.2 Å². The van der Waals surface area contributed by atoms with Gasteiger partial charge < -0.3 is 14.5 Å². The molecule has 0 spiro atoms. The van der Waals surface area contributed by atoms with Crippen molar-refractivity contribution in [3.63, 3.8) is 0 Å². The summed E-state index contributed by atoms with van der Waals surface area (Å²) in [4.78, 5) is 16.3. The van der Waals surface area contributed by atoms with Crippen LogP contribution >= 0.6 is 0 Å². The Morgan fingerprint density at radius 1 is 1.00 bits per heavy atom. The van der Waals surface area contributed by atoms with Gasteiger partial charge in [0.1, 0.15) is 5.58 Å². The maximum atomic E-state index is 11.7. The number of hydrogen-bond donors (Lipinski definition) is 1. The number of hydrogen-bond acceptors (Lipinski definition) is 4. The molecular weight excluding hydrogens is 615 g/mol. The van der Waals surface area contributed by atoms with Gasteiger partial charge in [-0.2, -0.15) is 0 Å². The average Bonchev–Trinajstić information content (AvgIpc) is 3.31. The molecule has 2 aromatic heterocycles. The van der Waals surface area contributed by atoms with Gasteiger partial charge in [-0.3, -0.25) is 4.79 Å². The molecule has 0 aliphatic carbocycles. The first kappa shape index (κ1) is 26.8. The van der Waals surface area contributed by atoms with E-state index in [1.54, 1.807) is 0 Å². The Labute approximate surface area is 220 Å². The van der Waals surface area contributed by atoms with E-state index in [4.69, 9.17) is 4.42 Å². The summed E-state index contributed by atoms with van der Waals surface area (Å²) in [5.41, 5.74) is 1.94. The SMILES string of the molecule is CCC(CC)C(=O)/C=C(\O)C(CC)CC.[Ir].[c-]1cccc2c1c1nccc3ccc4coc2c4c31. The zero-order valence-corrected chi connectivity index (χ0v) is 23.1. The predicted octanol–water partition coefficient (Wildman–Crippen LogP) is 8.39. The van der Waals surface area contributed by atoms with Crippen LogP contribution in [0.2, 0.25) is 0 Å². The number of aliphatic hydroxyl groups is 1. The van der Waals surface area contributed by atoms with Crippen molar-refractivity contribution in [2.24, 2.45) is 11.8 Å². The third kappa shape index (κ3) is 5.12. The molecule has 0 bridgehead atoms. The fraction of sp³-hybridized carbons (Fsp3) is 0.333. The topological polar surface area (TPSA) is 63.3 Å². The summed E-state index contributed by atoms with van der Waals surface area (Å²) < 4.78 is 5.80. The molecule has 35 heavy (non-hydrogen) atoms. The number of ketones is 1. The second-order valence-electron chi connectivity index (χ2n) is 8.81. The zero-order chi connectivity index (χ0) is 24.2. The smallest absolute Gasteiger partial charge is 0.162 e. The maximum absolute atomic E-state index is 11.7. The maximum Gasteiger partial charge on any atom is 0.162 e. The van der Waals surface area contributed by atoms with Gasteiger partial charge in [0, 0.05) is 55.0 Å². The van der Waals surface area contributed by atoms with Crippen LogP contribution in [0.25, 0.3) is 43.4 Å². The molecule has 2 heterocycles. The van der Waals surface area contributed by atoms with Crippen LogP contribution in [-0.2, 0) is 24.9 Å². The quantitative estimate of drug-likeness (QED) is 0.0635. The van der Waals surface area contributed by atoms with Gasteiger partial charge in [0.15, 0.2) is 5.78 Å². The Balaban J connectivity index is 0.000000198. The molecular formula is C30H32IrNO3-.